The van der Waals surface area contributed by atoms with E-state index in [-0.39, 0.29) is 28.2 Å². The minimum Gasteiger partial charge on any atom is -0.341 e. The Kier molecular flexibility index (Phi) is 4.07. The highest BCUT2D eigenvalue weighted by atomic mass is 32.2. The molecule has 0 spiro atoms. The smallest absolute Gasteiger partial charge is 0.222 e. The summed E-state index contributed by atoms with van der Waals surface area (Å²) in [5.74, 6) is 0.456. The monoisotopic (exact) mass is 387 g/mol. The summed E-state index contributed by atoms with van der Waals surface area (Å²) in [6.07, 6.45) is 2.77. The summed E-state index contributed by atoms with van der Waals surface area (Å²) < 4.78 is 24.1. The molecule has 2 aliphatic heterocycles. The third kappa shape index (κ3) is 3.12. The van der Waals surface area contributed by atoms with Gasteiger partial charge in [0.25, 0.3) is 0 Å². The molecule has 7 heteroatoms. The number of aromatic nitrogens is 2. The van der Waals surface area contributed by atoms with Gasteiger partial charge in [0.2, 0.25) is 5.91 Å². The van der Waals surface area contributed by atoms with Crippen molar-refractivity contribution in [1.29, 1.82) is 0 Å². The van der Waals surface area contributed by atoms with Crippen molar-refractivity contribution in [3.05, 3.63) is 35.7 Å². The molecule has 1 amide bonds. The van der Waals surface area contributed by atoms with Crippen molar-refractivity contribution in [2.24, 2.45) is 10.8 Å². The molecule has 144 valence electrons. The Labute approximate surface area is 159 Å². The Morgan fingerprint density at radius 2 is 1.89 bits per heavy atom. The Balaban J connectivity index is 1.46. The van der Waals surface area contributed by atoms with Gasteiger partial charge in [-0.1, -0.05) is 13.8 Å². The van der Waals surface area contributed by atoms with Gasteiger partial charge in [0.15, 0.2) is 15.5 Å². The zero-order chi connectivity index (χ0) is 19.4. The van der Waals surface area contributed by atoms with Crippen LogP contribution in [0.5, 0.6) is 0 Å². The van der Waals surface area contributed by atoms with E-state index in [1.54, 1.807) is 6.20 Å². The fourth-order valence-corrected chi connectivity index (χ4v) is 7.63. The van der Waals surface area contributed by atoms with Crippen LogP contribution in [-0.2, 0) is 21.1 Å². The lowest BCUT2D eigenvalue weighted by atomic mass is 9.71. The van der Waals surface area contributed by atoms with Gasteiger partial charge in [0, 0.05) is 47.6 Å². The molecule has 2 atom stereocenters. The molecular weight excluding hydrogens is 362 g/mol. The van der Waals surface area contributed by atoms with Crippen LogP contribution in [0.3, 0.4) is 0 Å². The molecule has 0 saturated carbocycles. The molecule has 4 rings (SSSR count). The van der Waals surface area contributed by atoms with Crippen LogP contribution in [0.25, 0.3) is 11.0 Å². The number of nitrogens with zero attached hydrogens (tertiary/aromatic N) is 3. The Morgan fingerprint density at radius 3 is 2.56 bits per heavy atom. The normalized spacial score (nSPS) is 29.2. The first-order valence-electron chi connectivity index (χ1n) is 9.30. The summed E-state index contributed by atoms with van der Waals surface area (Å²) in [4.78, 5) is 23.5. The van der Waals surface area contributed by atoms with Crippen molar-refractivity contribution in [3.8, 4) is 0 Å². The number of carbonyl (C=O) groups excluding carboxylic acids is 1. The molecule has 2 aromatic heterocycles. The molecule has 2 fully saturated rings. The molecule has 2 aliphatic rings. The highest BCUT2D eigenvalue weighted by Gasteiger charge is 2.60. The second-order valence-corrected chi connectivity index (χ2v) is 10.8. The van der Waals surface area contributed by atoms with Gasteiger partial charge in [-0.3, -0.25) is 4.79 Å². The van der Waals surface area contributed by atoms with Crippen molar-refractivity contribution >= 4 is 26.8 Å². The van der Waals surface area contributed by atoms with Crippen molar-refractivity contribution in [3.63, 3.8) is 0 Å². The van der Waals surface area contributed by atoms with E-state index in [4.69, 9.17) is 0 Å². The maximum atomic E-state index is 12.8. The Morgan fingerprint density at radius 1 is 1.22 bits per heavy atom. The SMILES string of the molecule is Cc1nc2ncccc2cc1CCC(=O)N1C[C@@]2(C)CS(=O)(=O)C[C@@]2(C)C1. The zero-order valence-corrected chi connectivity index (χ0v) is 16.8. The van der Waals surface area contributed by atoms with E-state index in [1.165, 1.54) is 0 Å². The second-order valence-electron chi connectivity index (χ2n) is 8.69. The van der Waals surface area contributed by atoms with Crippen LogP contribution in [0.15, 0.2) is 24.4 Å². The number of likely N-dealkylation sites (tertiary alicyclic amines) is 1. The van der Waals surface area contributed by atoms with Crippen molar-refractivity contribution < 1.29 is 13.2 Å². The number of amides is 1. The number of carbonyl (C=O) groups is 1. The molecule has 0 N–H and O–H groups in total. The van der Waals surface area contributed by atoms with Gasteiger partial charge >= 0.3 is 0 Å². The molecule has 0 bridgehead atoms. The summed E-state index contributed by atoms with van der Waals surface area (Å²) in [6, 6.07) is 5.92. The minimum atomic E-state index is -3.01. The summed E-state index contributed by atoms with van der Waals surface area (Å²) in [7, 11) is -3.01. The largest absolute Gasteiger partial charge is 0.341 e. The molecule has 2 saturated heterocycles. The van der Waals surface area contributed by atoms with E-state index in [2.05, 4.69) is 16.0 Å². The molecule has 6 nitrogen and oxygen atoms in total. The minimum absolute atomic E-state index is 0.0925. The van der Waals surface area contributed by atoms with Gasteiger partial charge in [0.05, 0.1) is 11.5 Å². The number of rotatable bonds is 3. The lowest BCUT2D eigenvalue weighted by Gasteiger charge is -2.29. The maximum absolute atomic E-state index is 12.8. The molecule has 4 heterocycles. The topological polar surface area (TPSA) is 80.2 Å². The van der Waals surface area contributed by atoms with Crippen LogP contribution < -0.4 is 0 Å². The van der Waals surface area contributed by atoms with Crippen LogP contribution in [0.1, 0.15) is 31.5 Å². The average Bonchev–Trinajstić information content (AvgIpc) is 2.91. The highest BCUT2D eigenvalue weighted by Crippen LogP contribution is 2.52. The van der Waals surface area contributed by atoms with Gasteiger partial charge in [0.1, 0.15) is 0 Å². The molecule has 0 aliphatic carbocycles. The summed E-state index contributed by atoms with van der Waals surface area (Å²) >= 11 is 0. The van der Waals surface area contributed by atoms with Gasteiger partial charge in [-0.2, -0.15) is 0 Å². The van der Waals surface area contributed by atoms with Gasteiger partial charge in [-0.25, -0.2) is 18.4 Å². The third-order valence-corrected chi connectivity index (χ3v) is 8.61. The number of hydrogen-bond acceptors (Lipinski definition) is 5. The number of pyridine rings is 2. The number of sulfone groups is 1. The first-order chi connectivity index (χ1) is 12.6. The van der Waals surface area contributed by atoms with Crippen molar-refractivity contribution in [2.75, 3.05) is 24.6 Å². The van der Waals surface area contributed by atoms with Crippen LogP contribution >= 0.6 is 0 Å². The van der Waals surface area contributed by atoms with Gasteiger partial charge in [-0.15, -0.1) is 0 Å². The molecule has 0 unspecified atom stereocenters. The molecule has 2 aromatic rings. The van der Waals surface area contributed by atoms with E-state index < -0.39 is 9.84 Å². The Hall–Kier alpha value is -2.02. The summed E-state index contributed by atoms with van der Waals surface area (Å²) in [5, 5.41) is 0.978. The first-order valence-corrected chi connectivity index (χ1v) is 11.1. The van der Waals surface area contributed by atoms with Crippen LogP contribution in [0.4, 0.5) is 0 Å². The first kappa shape index (κ1) is 18.3. The van der Waals surface area contributed by atoms with Crippen molar-refractivity contribution in [2.45, 2.75) is 33.6 Å². The lowest BCUT2D eigenvalue weighted by molar-refractivity contribution is -0.130. The third-order valence-electron chi connectivity index (χ3n) is 6.46. The van der Waals surface area contributed by atoms with Crippen LogP contribution in [-0.4, -0.2) is 53.8 Å². The number of fused-ring (bicyclic) bond motifs is 2. The summed E-state index contributed by atoms with van der Waals surface area (Å²) in [6.45, 7) is 7.02. The lowest BCUT2D eigenvalue weighted by Crippen LogP contribution is -2.34. The summed E-state index contributed by atoms with van der Waals surface area (Å²) in [5.41, 5.74) is 2.00. The molecule has 0 aromatic carbocycles. The molecule has 27 heavy (non-hydrogen) atoms. The second kappa shape index (κ2) is 5.99. The van der Waals surface area contributed by atoms with Gasteiger partial charge < -0.3 is 4.90 Å². The molecular formula is C20H25N3O3S. The van der Waals surface area contributed by atoms with E-state index in [1.807, 2.05) is 37.8 Å². The average molecular weight is 388 g/mol. The quantitative estimate of drug-likeness (QED) is 0.806. The fourth-order valence-electron chi connectivity index (χ4n) is 4.71. The van der Waals surface area contributed by atoms with E-state index >= 15 is 0 Å². The number of hydrogen-bond donors (Lipinski definition) is 0. The van der Waals surface area contributed by atoms with Crippen molar-refractivity contribution in [1.82, 2.24) is 14.9 Å². The van der Waals surface area contributed by atoms with Crippen LogP contribution in [0.2, 0.25) is 0 Å². The van der Waals surface area contributed by atoms with E-state index in [9.17, 15) is 13.2 Å². The van der Waals surface area contributed by atoms with Crippen LogP contribution in [0, 0.1) is 17.8 Å². The maximum Gasteiger partial charge on any atom is 0.222 e. The standard InChI is InChI=1S/C20H25N3O3S/c1-14-15(9-16-5-4-8-21-18(16)22-14)6-7-17(24)23-10-19(2)12-27(25,26)13-20(19,3)11-23/h4-5,8-9H,6-7,10-13H2,1-3H3/t19-,20+. The highest BCUT2D eigenvalue weighted by molar-refractivity contribution is 7.91. The zero-order valence-electron chi connectivity index (χ0n) is 16.0. The van der Waals surface area contributed by atoms with Gasteiger partial charge in [-0.05, 0) is 37.1 Å². The van der Waals surface area contributed by atoms with E-state index in [0.717, 1.165) is 22.3 Å². The molecule has 0 radical (unpaired) electrons. The predicted octanol–water partition coefficient (Wildman–Crippen LogP) is 2.15. The number of aryl methyl sites for hydroxylation is 2. The van der Waals surface area contributed by atoms with E-state index in [0.29, 0.717) is 25.9 Å². The Bertz CT molecular complexity index is 1010. The fraction of sp³-hybridized carbons (Fsp3) is 0.550. The predicted molar refractivity (Wildman–Crippen MR) is 104 cm³/mol.